The highest BCUT2D eigenvalue weighted by molar-refractivity contribution is 5.70. The summed E-state index contributed by atoms with van der Waals surface area (Å²) in [6, 6.07) is 2.43. The Hall–Kier alpha value is -2.04. The van der Waals surface area contributed by atoms with Crippen molar-refractivity contribution in [1.29, 1.82) is 5.26 Å². The molecule has 0 spiro atoms. The summed E-state index contributed by atoms with van der Waals surface area (Å²) in [6.07, 6.45) is -2.27. The van der Waals surface area contributed by atoms with Gasteiger partial charge in [0.25, 0.3) is 0 Å². The predicted octanol–water partition coefficient (Wildman–Crippen LogP) is 0.440. The molecular weight excluding hydrogens is 255 g/mol. The number of halogens is 1. The van der Waals surface area contributed by atoms with Crippen LogP contribution in [-0.2, 0) is 9.53 Å². The Morgan fingerprint density at radius 1 is 1.63 bits per heavy atom. The van der Waals surface area contributed by atoms with Gasteiger partial charge in [-0.3, -0.25) is 4.79 Å². The molecule has 0 radical (unpaired) electrons. The van der Waals surface area contributed by atoms with E-state index in [0.717, 1.165) is 12.3 Å². The number of nitrogens with zero attached hydrogens (tertiary/aromatic N) is 2. The number of aromatic nitrogens is 1. The van der Waals surface area contributed by atoms with Gasteiger partial charge < -0.3 is 14.9 Å². The molecule has 0 fully saturated rings. The highest BCUT2D eigenvalue weighted by Crippen LogP contribution is 2.20. The lowest BCUT2D eigenvalue weighted by Gasteiger charge is -2.17. The maximum atomic E-state index is 13.3. The Balaban J connectivity index is 2.77. The predicted molar refractivity (Wildman–Crippen MR) is 61.1 cm³/mol. The van der Waals surface area contributed by atoms with Gasteiger partial charge in [0.2, 0.25) is 0 Å². The van der Waals surface area contributed by atoms with Crippen molar-refractivity contribution < 1.29 is 24.1 Å². The largest absolute Gasteiger partial charge is 0.466 e. The summed E-state index contributed by atoms with van der Waals surface area (Å²) in [7, 11) is 0. The zero-order valence-electron chi connectivity index (χ0n) is 10.2. The van der Waals surface area contributed by atoms with E-state index in [1.165, 1.54) is 6.07 Å². The fraction of sp³-hybridized carbons (Fsp3) is 0.417. The molecule has 2 unspecified atom stereocenters. The minimum absolute atomic E-state index is 0.0201. The number of esters is 1. The third kappa shape index (κ3) is 3.98. The van der Waals surface area contributed by atoms with Crippen LogP contribution in [0.25, 0.3) is 0 Å². The molecule has 0 saturated carbocycles. The average Bonchev–Trinajstić information content (AvgIpc) is 2.37. The molecular formula is C12H13FN2O4. The van der Waals surface area contributed by atoms with Crippen LogP contribution in [0.2, 0.25) is 0 Å². The second kappa shape index (κ2) is 6.78. The van der Waals surface area contributed by atoms with Gasteiger partial charge in [-0.05, 0) is 13.0 Å². The van der Waals surface area contributed by atoms with Gasteiger partial charge in [0, 0.05) is 11.8 Å². The number of hydrogen-bond acceptors (Lipinski definition) is 6. The lowest BCUT2D eigenvalue weighted by Crippen LogP contribution is -2.23. The summed E-state index contributed by atoms with van der Waals surface area (Å²) in [5.41, 5.74) is -0.427. The number of aliphatic hydroxyl groups is 2. The number of nitriles is 1. The first-order valence-corrected chi connectivity index (χ1v) is 5.56. The molecule has 1 heterocycles. The van der Waals surface area contributed by atoms with Crippen LogP contribution in [0.15, 0.2) is 12.3 Å². The second-order valence-corrected chi connectivity index (χ2v) is 3.73. The van der Waals surface area contributed by atoms with E-state index in [2.05, 4.69) is 9.72 Å². The first-order valence-electron chi connectivity index (χ1n) is 5.56. The van der Waals surface area contributed by atoms with Crippen LogP contribution in [0, 0.1) is 17.1 Å². The zero-order chi connectivity index (χ0) is 14.4. The van der Waals surface area contributed by atoms with E-state index >= 15 is 0 Å². The zero-order valence-corrected chi connectivity index (χ0v) is 10.2. The summed E-state index contributed by atoms with van der Waals surface area (Å²) >= 11 is 0. The Labute approximate surface area is 109 Å². The number of carbonyl (C=O) groups excluding carboxylic acids is 1. The van der Waals surface area contributed by atoms with E-state index in [1.54, 1.807) is 6.92 Å². The summed E-state index contributed by atoms with van der Waals surface area (Å²) in [5.74, 6) is -1.57. The van der Waals surface area contributed by atoms with E-state index in [-0.39, 0.29) is 12.2 Å². The summed E-state index contributed by atoms with van der Waals surface area (Å²) in [4.78, 5) is 14.6. The molecule has 0 saturated heterocycles. The van der Waals surface area contributed by atoms with Crippen LogP contribution in [-0.4, -0.2) is 33.9 Å². The van der Waals surface area contributed by atoms with E-state index in [0.29, 0.717) is 0 Å². The average molecular weight is 268 g/mol. The number of hydrogen-bond donors (Lipinski definition) is 2. The first kappa shape index (κ1) is 15.0. The molecule has 0 amide bonds. The number of rotatable bonds is 5. The molecule has 19 heavy (non-hydrogen) atoms. The second-order valence-electron chi connectivity index (χ2n) is 3.73. The fourth-order valence-electron chi connectivity index (χ4n) is 1.42. The smallest absolute Gasteiger partial charge is 0.308 e. The molecule has 0 aliphatic heterocycles. The normalized spacial score (nSPS) is 13.4. The minimum Gasteiger partial charge on any atom is -0.466 e. The van der Waals surface area contributed by atoms with E-state index in [1.807, 2.05) is 0 Å². The highest BCUT2D eigenvalue weighted by atomic mass is 19.1. The molecule has 0 bridgehead atoms. The Kier molecular flexibility index (Phi) is 5.36. The van der Waals surface area contributed by atoms with Crippen LogP contribution >= 0.6 is 0 Å². The van der Waals surface area contributed by atoms with Gasteiger partial charge in [-0.1, -0.05) is 0 Å². The molecule has 2 atom stereocenters. The quantitative estimate of drug-likeness (QED) is 0.751. The van der Waals surface area contributed by atoms with Gasteiger partial charge in [-0.25, -0.2) is 9.37 Å². The van der Waals surface area contributed by atoms with Gasteiger partial charge in [-0.2, -0.15) is 5.26 Å². The highest BCUT2D eigenvalue weighted by Gasteiger charge is 2.23. The Bertz CT molecular complexity index is 501. The van der Waals surface area contributed by atoms with Gasteiger partial charge >= 0.3 is 5.97 Å². The van der Waals surface area contributed by atoms with Crippen molar-refractivity contribution >= 4 is 5.97 Å². The molecule has 0 aliphatic carbocycles. The molecule has 1 rings (SSSR count). The molecule has 1 aromatic heterocycles. The molecule has 0 aromatic carbocycles. The molecule has 7 heteroatoms. The van der Waals surface area contributed by atoms with Crippen LogP contribution < -0.4 is 0 Å². The van der Waals surface area contributed by atoms with Crippen molar-refractivity contribution in [2.24, 2.45) is 0 Å². The van der Waals surface area contributed by atoms with Crippen LogP contribution in [0.4, 0.5) is 4.39 Å². The lowest BCUT2D eigenvalue weighted by atomic mass is 10.0. The standard InChI is InChI=1S/C12H13FN2O4/c1-2-19-11(17)4-10(16)12(18)7-3-8(13)9(5-14)15-6-7/h3,6,10,12,16,18H,2,4H2,1H3. The summed E-state index contributed by atoms with van der Waals surface area (Å²) in [5, 5.41) is 27.9. The van der Waals surface area contributed by atoms with Gasteiger partial charge in [-0.15, -0.1) is 0 Å². The third-order valence-corrected chi connectivity index (χ3v) is 2.36. The van der Waals surface area contributed by atoms with Crippen LogP contribution in [0.5, 0.6) is 0 Å². The molecule has 1 aromatic rings. The van der Waals surface area contributed by atoms with E-state index in [4.69, 9.17) is 5.26 Å². The number of ether oxygens (including phenoxy) is 1. The number of aliphatic hydroxyl groups excluding tert-OH is 2. The van der Waals surface area contributed by atoms with E-state index in [9.17, 15) is 19.4 Å². The maximum absolute atomic E-state index is 13.3. The van der Waals surface area contributed by atoms with Crippen molar-refractivity contribution in [3.05, 3.63) is 29.3 Å². The van der Waals surface area contributed by atoms with Crippen molar-refractivity contribution in [2.75, 3.05) is 6.61 Å². The summed E-state index contributed by atoms with van der Waals surface area (Å²) in [6.45, 7) is 1.77. The van der Waals surface area contributed by atoms with E-state index < -0.39 is 36.1 Å². The molecule has 6 nitrogen and oxygen atoms in total. The van der Waals surface area contributed by atoms with Crippen molar-refractivity contribution in [1.82, 2.24) is 4.98 Å². The lowest BCUT2D eigenvalue weighted by molar-refractivity contribution is -0.147. The molecule has 0 aliphatic rings. The minimum atomic E-state index is -1.49. The van der Waals surface area contributed by atoms with Gasteiger partial charge in [0.1, 0.15) is 12.2 Å². The molecule has 102 valence electrons. The number of carbonyl (C=O) groups is 1. The summed E-state index contributed by atoms with van der Waals surface area (Å²) < 4.78 is 17.9. The van der Waals surface area contributed by atoms with Gasteiger partial charge in [0.05, 0.1) is 19.1 Å². The maximum Gasteiger partial charge on any atom is 0.308 e. The number of pyridine rings is 1. The fourth-order valence-corrected chi connectivity index (χ4v) is 1.42. The Morgan fingerprint density at radius 2 is 2.32 bits per heavy atom. The Morgan fingerprint density at radius 3 is 2.84 bits per heavy atom. The van der Waals surface area contributed by atoms with Gasteiger partial charge in [0.15, 0.2) is 11.5 Å². The SMILES string of the molecule is CCOC(=O)CC(O)C(O)c1cnc(C#N)c(F)c1. The van der Waals surface area contributed by atoms with Crippen molar-refractivity contribution in [2.45, 2.75) is 25.6 Å². The molecule has 2 N–H and O–H groups in total. The van der Waals surface area contributed by atoms with Crippen LogP contribution in [0.1, 0.15) is 30.7 Å². The third-order valence-electron chi connectivity index (χ3n) is 2.36. The topological polar surface area (TPSA) is 103 Å². The first-order chi connectivity index (χ1) is 8.99. The van der Waals surface area contributed by atoms with Crippen LogP contribution in [0.3, 0.4) is 0 Å². The van der Waals surface area contributed by atoms with Crippen molar-refractivity contribution in [3.8, 4) is 6.07 Å². The monoisotopic (exact) mass is 268 g/mol. The van der Waals surface area contributed by atoms with Crippen molar-refractivity contribution in [3.63, 3.8) is 0 Å².